The van der Waals surface area contributed by atoms with Gasteiger partial charge in [-0.25, -0.2) is 0 Å². The molecule has 3 rings (SSSR count). The summed E-state index contributed by atoms with van der Waals surface area (Å²) in [5.41, 5.74) is 0.173. The minimum Gasteiger partial charge on any atom is -0.378 e. The van der Waals surface area contributed by atoms with E-state index in [1.54, 1.807) is 0 Å². The number of nitrogens with zero attached hydrogens (tertiary/aromatic N) is 1. The van der Waals surface area contributed by atoms with Gasteiger partial charge in [0.2, 0.25) is 0 Å². The normalized spacial score (nSPS) is 42.2. The first-order valence-electron chi connectivity index (χ1n) is 8.84. The number of aliphatic imine (C=N–C) groups is 1. The number of nitrogens with one attached hydrogen (secondary N) is 2. The predicted octanol–water partition coefficient (Wildman–Crippen LogP) is 2.79. The number of fused-ring (bicyclic) bond motifs is 1. The van der Waals surface area contributed by atoms with E-state index in [0.29, 0.717) is 24.1 Å². The van der Waals surface area contributed by atoms with Crippen LogP contribution < -0.4 is 10.6 Å². The van der Waals surface area contributed by atoms with Gasteiger partial charge >= 0.3 is 0 Å². The van der Waals surface area contributed by atoms with Gasteiger partial charge in [0, 0.05) is 49.6 Å². The fraction of sp³-hybridized carbons (Fsp3) is 0.944. The minimum atomic E-state index is -0.0658. The molecular formula is C18H34IN3O2. The first-order valence-corrected chi connectivity index (χ1v) is 8.84. The van der Waals surface area contributed by atoms with Crippen LogP contribution in [0.1, 0.15) is 47.5 Å². The molecule has 0 spiro atoms. The molecule has 0 bridgehead atoms. The number of hydrogen-bond donors (Lipinski definition) is 2. The highest BCUT2D eigenvalue weighted by Crippen LogP contribution is 2.53. The molecule has 0 aromatic rings. The van der Waals surface area contributed by atoms with Gasteiger partial charge in [-0.1, -0.05) is 27.7 Å². The second-order valence-electron chi connectivity index (χ2n) is 8.82. The quantitative estimate of drug-likeness (QED) is 0.394. The number of rotatable bonds is 3. The maximum Gasteiger partial charge on any atom is 0.191 e. The molecule has 5 unspecified atom stereocenters. The van der Waals surface area contributed by atoms with Gasteiger partial charge in [-0.05, 0) is 19.8 Å². The monoisotopic (exact) mass is 451 g/mol. The second kappa shape index (κ2) is 6.58. The van der Waals surface area contributed by atoms with E-state index in [1.165, 1.54) is 0 Å². The van der Waals surface area contributed by atoms with Crippen LogP contribution in [0.5, 0.6) is 0 Å². The lowest BCUT2D eigenvalue weighted by Gasteiger charge is -2.60. The summed E-state index contributed by atoms with van der Waals surface area (Å²) >= 11 is 0. The Balaban J connectivity index is 0.00000208. The number of guanidine groups is 1. The topological polar surface area (TPSA) is 54.9 Å². The highest BCUT2D eigenvalue weighted by atomic mass is 127. The zero-order valence-corrected chi connectivity index (χ0v) is 18.4. The molecule has 2 aliphatic carbocycles. The van der Waals surface area contributed by atoms with E-state index >= 15 is 0 Å². The molecule has 3 fully saturated rings. The predicted molar refractivity (Wildman–Crippen MR) is 108 cm³/mol. The summed E-state index contributed by atoms with van der Waals surface area (Å²) in [5.74, 6) is 1.52. The molecule has 0 aromatic heterocycles. The zero-order chi connectivity index (χ0) is 17.0. The van der Waals surface area contributed by atoms with E-state index in [4.69, 9.17) is 9.47 Å². The van der Waals surface area contributed by atoms with Crippen LogP contribution >= 0.6 is 24.0 Å². The van der Waals surface area contributed by atoms with Gasteiger partial charge in [-0.3, -0.25) is 4.99 Å². The van der Waals surface area contributed by atoms with Crippen LogP contribution in [0, 0.1) is 16.7 Å². The van der Waals surface area contributed by atoms with Crippen molar-refractivity contribution >= 4 is 29.9 Å². The Morgan fingerprint density at radius 3 is 2.38 bits per heavy atom. The van der Waals surface area contributed by atoms with E-state index in [9.17, 15) is 0 Å². The maximum absolute atomic E-state index is 5.88. The molecule has 0 amide bonds. The van der Waals surface area contributed by atoms with Gasteiger partial charge in [0.1, 0.15) is 0 Å². The summed E-state index contributed by atoms with van der Waals surface area (Å²) < 4.78 is 11.6. The minimum absolute atomic E-state index is 0. The van der Waals surface area contributed by atoms with E-state index in [1.807, 2.05) is 14.2 Å². The number of ether oxygens (including phenoxy) is 2. The van der Waals surface area contributed by atoms with Gasteiger partial charge in [0.05, 0.1) is 11.7 Å². The van der Waals surface area contributed by atoms with Crippen LogP contribution in [-0.4, -0.2) is 50.5 Å². The molecule has 5 nitrogen and oxygen atoms in total. The third kappa shape index (κ3) is 2.76. The van der Waals surface area contributed by atoms with Crippen LogP contribution in [0.25, 0.3) is 0 Å². The van der Waals surface area contributed by atoms with Crippen molar-refractivity contribution in [3.63, 3.8) is 0 Å². The van der Waals surface area contributed by atoms with Crippen LogP contribution in [-0.2, 0) is 9.47 Å². The maximum atomic E-state index is 5.88. The molecule has 140 valence electrons. The Labute approximate surface area is 163 Å². The number of hydrogen-bond acceptors (Lipinski definition) is 3. The molecule has 2 N–H and O–H groups in total. The third-order valence-corrected chi connectivity index (χ3v) is 7.21. The van der Waals surface area contributed by atoms with Gasteiger partial charge < -0.3 is 20.1 Å². The van der Waals surface area contributed by atoms with E-state index < -0.39 is 0 Å². The third-order valence-electron chi connectivity index (χ3n) is 7.21. The second-order valence-corrected chi connectivity index (χ2v) is 8.82. The Morgan fingerprint density at radius 2 is 1.83 bits per heavy atom. The fourth-order valence-electron chi connectivity index (χ4n) is 4.82. The largest absolute Gasteiger partial charge is 0.378 e. The fourth-order valence-corrected chi connectivity index (χ4v) is 4.82. The number of methoxy groups -OCH3 is 1. The molecule has 6 heteroatoms. The van der Waals surface area contributed by atoms with Crippen molar-refractivity contribution in [3.8, 4) is 0 Å². The summed E-state index contributed by atoms with van der Waals surface area (Å²) in [7, 11) is 3.66. The van der Waals surface area contributed by atoms with Gasteiger partial charge in [0.15, 0.2) is 5.96 Å². The molecule has 3 aliphatic rings. The molecular weight excluding hydrogens is 417 g/mol. The summed E-state index contributed by atoms with van der Waals surface area (Å²) in [6.07, 6.45) is 2.55. The first-order chi connectivity index (χ1) is 10.7. The molecule has 1 aliphatic heterocycles. The van der Waals surface area contributed by atoms with Gasteiger partial charge in [-0.2, -0.15) is 0 Å². The summed E-state index contributed by atoms with van der Waals surface area (Å²) in [4.78, 5) is 4.46. The lowest BCUT2D eigenvalue weighted by Crippen LogP contribution is -2.72. The lowest BCUT2D eigenvalue weighted by atomic mass is 9.55. The molecule has 5 atom stereocenters. The van der Waals surface area contributed by atoms with Gasteiger partial charge in [0.25, 0.3) is 0 Å². The smallest absolute Gasteiger partial charge is 0.191 e. The van der Waals surface area contributed by atoms with Crippen molar-refractivity contribution in [3.05, 3.63) is 0 Å². The van der Waals surface area contributed by atoms with Gasteiger partial charge in [-0.15, -0.1) is 24.0 Å². The molecule has 1 heterocycles. The molecule has 0 radical (unpaired) electrons. The molecule has 1 saturated heterocycles. The average molecular weight is 451 g/mol. The van der Waals surface area contributed by atoms with E-state index in [-0.39, 0.29) is 40.4 Å². The van der Waals surface area contributed by atoms with Crippen molar-refractivity contribution in [2.45, 2.75) is 71.2 Å². The lowest BCUT2D eigenvalue weighted by molar-refractivity contribution is -0.176. The highest BCUT2D eigenvalue weighted by molar-refractivity contribution is 14.0. The Kier molecular flexibility index (Phi) is 5.55. The Bertz CT molecular complexity index is 508. The van der Waals surface area contributed by atoms with Crippen molar-refractivity contribution < 1.29 is 9.47 Å². The molecule has 2 saturated carbocycles. The van der Waals surface area contributed by atoms with E-state index in [2.05, 4.69) is 50.2 Å². The van der Waals surface area contributed by atoms with Crippen LogP contribution in [0.15, 0.2) is 4.99 Å². The van der Waals surface area contributed by atoms with E-state index in [0.717, 1.165) is 25.4 Å². The zero-order valence-electron chi connectivity index (χ0n) is 16.1. The SMILES string of the molecule is CN=C(NC1C2CCOC2C1(C)C)NC1CC(C)(OC)C1(C)C.I. The Hall–Kier alpha value is -0.0800. The van der Waals surface area contributed by atoms with Crippen LogP contribution in [0.4, 0.5) is 0 Å². The van der Waals surface area contributed by atoms with Crippen molar-refractivity contribution in [1.29, 1.82) is 0 Å². The number of halogens is 1. The molecule has 0 aromatic carbocycles. The standard InChI is InChI=1S/C18H33N3O2.HI/c1-16(2)13(11-8-9-23-14(11)16)21-15(19-6)20-12-10-18(5,22-7)17(12,3)4;/h11-14H,8-10H2,1-7H3,(H2,19,20,21);1H. The summed E-state index contributed by atoms with van der Waals surface area (Å²) in [6, 6.07) is 0.802. The van der Waals surface area contributed by atoms with Crippen molar-refractivity contribution in [2.24, 2.45) is 21.7 Å². The highest BCUT2D eigenvalue weighted by Gasteiger charge is 2.61. The first kappa shape index (κ1) is 20.2. The summed E-state index contributed by atoms with van der Waals surface area (Å²) in [5, 5.41) is 7.28. The summed E-state index contributed by atoms with van der Waals surface area (Å²) in [6.45, 7) is 12.2. The average Bonchev–Trinajstić information content (AvgIpc) is 2.96. The Morgan fingerprint density at radius 1 is 1.17 bits per heavy atom. The van der Waals surface area contributed by atoms with Crippen molar-refractivity contribution in [1.82, 2.24) is 10.6 Å². The van der Waals surface area contributed by atoms with Crippen molar-refractivity contribution in [2.75, 3.05) is 20.8 Å². The molecule has 24 heavy (non-hydrogen) atoms. The van der Waals surface area contributed by atoms with Crippen LogP contribution in [0.2, 0.25) is 0 Å². The van der Waals surface area contributed by atoms with Crippen LogP contribution in [0.3, 0.4) is 0 Å².